The molecule has 0 saturated carbocycles. The Morgan fingerprint density at radius 2 is 2.24 bits per heavy atom. The average Bonchev–Trinajstić information content (AvgIpc) is 2.29. The predicted octanol–water partition coefficient (Wildman–Crippen LogP) is 1.80. The van der Waals surface area contributed by atoms with Crippen molar-refractivity contribution in [1.82, 2.24) is 0 Å². The summed E-state index contributed by atoms with van der Waals surface area (Å²) < 4.78 is 4.95. The normalized spacial score (nSPS) is 10.7. The zero-order chi connectivity index (χ0) is 13.0. The Labute approximate surface area is 103 Å². The molecule has 0 aromatic heterocycles. The van der Waals surface area contributed by atoms with Crippen LogP contribution in [0.2, 0.25) is 0 Å². The molecule has 4 N–H and O–H groups in total. The zero-order valence-corrected chi connectivity index (χ0v) is 10.2. The topological polar surface area (TPSA) is 92.8 Å². The summed E-state index contributed by atoms with van der Waals surface area (Å²) in [4.78, 5) is 11.1. The van der Waals surface area contributed by atoms with Crippen molar-refractivity contribution in [2.75, 3.05) is 19.1 Å². The number of nitrogen functional groups attached to an aromatic ring is 1. The first kappa shape index (κ1) is 13.2. The number of carboxylic acid groups (broad SMARTS) is 1. The number of aromatic hydroxyl groups is 1. The Hall–Kier alpha value is -1.82. The number of hydrogen-bond acceptors (Lipinski definition) is 5. The highest BCUT2D eigenvalue weighted by Crippen LogP contribution is 2.41. The molecule has 0 bridgehead atoms. The highest BCUT2D eigenvalue weighted by Gasteiger charge is 2.14. The molecule has 0 aliphatic rings. The number of anilines is 1. The van der Waals surface area contributed by atoms with Crippen LogP contribution in [0.3, 0.4) is 0 Å². The summed E-state index contributed by atoms with van der Waals surface area (Å²) in [5, 5.41) is 18.5. The highest BCUT2D eigenvalue weighted by molar-refractivity contribution is 7.98. The quantitative estimate of drug-likeness (QED) is 0.329. The minimum atomic E-state index is -1.10. The monoisotopic (exact) mass is 255 g/mol. The molecule has 0 atom stereocenters. The van der Waals surface area contributed by atoms with E-state index in [1.54, 1.807) is 6.26 Å². The van der Waals surface area contributed by atoms with Gasteiger partial charge in [-0.2, -0.15) is 0 Å². The average molecular weight is 255 g/mol. The molecule has 0 radical (unpaired) electrons. The van der Waals surface area contributed by atoms with E-state index in [0.29, 0.717) is 16.1 Å². The molecule has 0 unspecified atom stereocenters. The van der Waals surface area contributed by atoms with Crippen molar-refractivity contribution in [3.05, 3.63) is 17.7 Å². The number of phenolic OH excluding ortho intramolecular Hbond substituents is 1. The highest BCUT2D eigenvalue weighted by atomic mass is 32.2. The molecule has 1 rings (SSSR count). The van der Waals surface area contributed by atoms with E-state index in [1.165, 1.54) is 31.0 Å². The Balaban J connectivity index is 3.42. The molecule has 1 aromatic rings. The second-order valence-electron chi connectivity index (χ2n) is 3.14. The van der Waals surface area contributed by atoms with E-state index in [2.05, 4.69) is 0 Å². The molecule has 6 heteroatoms. The van der Waals surface area contributed by atoms with Gasteiger partial charge in [0.2, 0.25) is 0 Å². The molecule has 0 fully saturated rings. The lowest BCUT2D eigenvalue weighted by Gasteiger charge is -2.12. The largest absolute Gasteiger partial charge is 0.504 e. The van der Waals surface area contributed by atoms with Gasteiger partial charge in [-0.25, -0.2) is 4.79 Å². The van der Waals surface area contributed by atoms with Gasteiger partial charge in [0, 0.05) is 28.3 Å². The summed E-state index contributed by atoms with van der Waals surface area (Å²) >= 11 is 1.32. The number of carboxylic acids is 1. The number of benzene rings is 1. The SMILES string of the molecule is COc1cc(N)c(SC)c(C=CC(=O)O)c1O. The van der Waals surface area contributed by atoms with Gasteiger partial charge in [0.05, 0.1) is 7.11 Å². The number of methoxy groups -OCH3 is 1. The first-order chi connectivity index (χ1) is 8.01. The molecule has 0 aliphatic heterocycles. The first-order valence-corrected chi connectivity index (χ1v) is 5.88. The number of thioether (sulfide) groups is 1. The minimum absolute atomic E-state index is 0.122. The number of ether oxygens (including phenoxy) is 1. The maximum atomic E-state index is 10.5. The van der Waals surface area contributed by atoms with Crippen LogP contribution in [0.15, 0.2) is 17.0 Å². The van der Waals surface area contributed by atoms with Gasteiger partial charge in [-0.05, 0) is 12.3 Å². The van der Waals surface area contributed by atoms with Crippen LogP contribution in [-0.2, 0) is 4.79 Å². The standard InChI is InChI=1S/C11H13NO4S/c1-16-8-5-7(12)11(17-2)6(10(8)15)3-4-9(13)14/h3-5,15H,12H2,1-2H3,(H,13,14). The van der Waals surface area contributed by atoms with Gasteiger partial charge in [-0.1, -0.05) is 0 Å². The molecule has 0 heterocycles. The number of aliphatic carboxylic acids is 1. The van der Waals surface area contributed by atoms with Gasteiger partial charge in [-0.3, -0.25) is 0 Å². The van der Waals surface area contributed by atoms with Crippen LogP contribution in [0.25, 0.3) is 6.08 Å². The van der Waals surface area contributed by atoms with Gasteiger partial charge in [-0.15, -0.1) is 11.8 Å². The third kappa shape index (κ3) is 2.85. The van der Waals surface area contributed by atoms with Crippen LogP contribution in [0.1, 0.15) is 5.56 Å². The molecule has 1 aromatic carbocycles. The van der Waals surface area contributed by atoms with Crippen molar-refractivity contribution in [2.45, 2.75) is 4.90 Å². The second-order valence-corrected chi connectivity index (χ2v) is 3.95. The van der Waals surface area contributed by atoms with E-state index in [9.17, 15) is 9.90 Å². The third-order valence-electron chi connectivity index (χ3n) is 2.10. The summed E-state index contributed by atoms with van der Waals surface area (Å²) in [6.45, 7) is 0. The Morgan fingerprint density at radius 1 is 1.59 bits per heavy atom. The van der Waals surface area contributed by atoms with Crippen LogP contribution < -0.4 is 10.5 Å². The number of phenols is 1. The van der Waals surface area contributed by atoms with Gasteiger partial charge < -0.3 is 20.7 Å². The molecule has 17 heavy (non-hydrogen) atoms. The van der Waals surface area contributed by atoms with E-state index in [4.69, 9.17) is 15.6 Å². The summed E-state index contributed by atoms with van der Waals surface area (Å²) in [6.07, 6.45) is 4.02. The first-order valence-electron chi connectivity index (χ1n) is 4.65. The maximum absolute atomic E-state index is 10.5. The van der Waals surface area contributed by atoms with Crippen LogP contribution in [0.4, 0.5) is 5.69 Å². The van der Waals surface area contributed by atoms with Gasteiger partial charge in [0.1, 0.15) is 0 Å². The lowest BCUT2D eigenvalue weighted by Crippen LogP contribution is -1.96. The van der Waals surface area contributed by atoms with E-state index >= 15 is 0 Å². The molecule has 92 valence electrons. The Bertz CT molecular complexity index is 471. The van der Waals surface area contributed by atoms with Crippen LogP contribution in [-0.4, -0.2) is 29.5 Å². The summed E-state index contributed by atoms with van der Waals surface area (Å²) in [6, 6.07) is 1.50. The summed E-state index contributed by atoms with van der Waals surface area (Å²) in [5.74, 6) is -1.01. The van der Waals surface area contributed by atoms with E-state index < -0.39 is 5.97 Å². The van der Waals surface area contributed by atoms with E-state index in [1.807, 2.05) is 0 Å². The number of hydrogen-bond donors (Lipinski definition) is 3. The fraction of sp³-hybridized carbons (Fsp3) is 0.182. The van der Waals surface area contributed by atoms with Gasteiger partial charge in [0.15, 0.2) is 11.5 Å². The molecule has 5 nitrogen and oxygen atoms in total. The fourth-order valence-electron chi connectivity index (χ4n) is 1.36. The smallest absolute Gasteiger partial charge is 0.328 e. The van der Waals surface area contributed by atoms with Gasteiger partial charge >= 0.3 is 5.97 Å². The number of carbonyl (C=O) groups is 1. The molecule has 0 saturated heterocycles. The fourth-order valence-corrected chi connectivity index (χ4v) is 2.04. The van der Waals surface area contributed by atoms with Crippen molar-refractivity contribution in [2.24, 2.45) is 0 Å². The van der Waals surface area contributed by atoms with Crippen molar-refractivity contribution in [1.29, 1.82) is 0 Å². The predicted molar refractivity (Wildman–Crippen MR) is 67.5 cm³/mol. The Morgan fingerprint density at radius 3 is 2.71 bits per heavy atom. The molecule has 0 aliphatic carbocycles. The summed E-state index contributed by atoms with van der Waals surface area (Å²) in [7, 11) is 1.40. The lowest BCUT2D eigenvalue weighted by molar-refractivity contribution is -0.131. The van der Waals surface area contributed by atoms with Crippen molar-refractivity contribution in [3.8, 4) is 11.5 Å². The Kier molecular flexibility index (Phi) is 4.28. The number of rotatable bonds is 4. The molecular formula is C11H13NO4S. The second kappa shape index (κ2) is 5.49. The zero-order valence-electron chi connectivity index (χ0n) is 9.43. The molecule has 0 spiro atoms. The van der Waals surface area contributed by atoms with E-state index in [-0.39, 0.29) is 11.5 Å². The van der Waals surface area contributed by atoms with Crippen molar-refractivity contribution >= 4 is 29.5 Å². The van der Waals surface area contributed by atoms with Gasteiger partial charge in [0.25, 0.3) is 0 Å². The molecule has 0 amide bonds. The van der Waals surface area contributed by atoms with Crippen LogP contribution in [0.5, 0.6) is 11.5 Å². The lowest BCUT2D eigenvalue weighted by atomic mass is 10.1. The van der Waals surface area contributed by atoms with Crippen LogP contribution in [0, 0.1) is 0 Å². The third-order valence-corrected chi connectivity index (χ3v) is 2.96. The summed E-state index contributed by atoms with van der Waals surface area (Å²) in [5.41, 5.74) is 6.56. The van der Waals surface area contributed by atoms with Crippen LogP contribution >= 0.6 is 11.8 Å². The van der Waals surface area contributed by atoms with E-state index in [0.717, 1.165) is 6.08 Å². The maximum Gasteiger partial charge on any atom is 0.328 e. The number of nitrogens with two attached hydrogens (primary N) is 1. The van der Waals surface area contributed by atoms with Crippen molar-refractivity contribution < 1.29 is 19.7 Å². The van der Waals surface area contributed by atoms with Crippen molar-refractivity contribution in [3.63, 3.8) is 0 Å². The molecular weight excluding hydrogens is 242 g/mol. The minimum Gasteiger partial charge on any atom is -0.504 e.